The zero-order valence-corrected chi connectivity index (χ0v) is 23.2. The first kappa shape index (κ1) is 30.3. The lowest BCUT2D eigenvalue weighted by atomic mass is 10.1. The molecule has 0 spiro atoms. The summed E-state index contributed by atoms with van der Waals surface area (Å²) in [5.74, 6) is -0.0355. The van der Waals surface area contributed by atoms with Gasteiger partial charge >= 0.3 is 7.82 Å². The number of hydrogen-bond acceptors (Lipinski definition) is 9. The van der Waals surface area contributed by atoms with Gasteiger partial charge in [-0.2, -0.15) is 5.26 Å². The van der Waals surface area contributed by atoms with E-state index in [0.717, 1.165) is 31.5 Å². The second kappa shape index (κ2) is 15.4. The molecule has 0 unspecified atom stereocenters. The van der Waals surface area contributed by atoms with Gasteiger partial charge in [-0.25, -0.2) is 9.57 Å². The van der Waals surface area contributed by atoms with Crippen LogP contribution >= 0.6 is 7.82 Å². The molecule has 0 saturated carbocycles. The fraction of sp³-hybridized carbons (Fsp3) is 0.444. The molecule has 12 heteroatoms. The Kier molecular flexibility index (Phi) is 11.9. The van der Waals surface area contributed by atoms with Gasteiger partial charge < -0.3 is 10.1 Å². The van der Waals surface area contributed by atoms with Crippen molar-refractivity contribution in [3.8, 4) is 11.8 Å². The summed E-state index contributed by atoms with van der Waals surface area (Å²) in [5.41, 5.74) is 4.93. The van der Waals surface area contributed by atoms with Crippen LogP contribution < -0.4 is 15.5 Å². The average Bonchev–Trinajstić information content (AvgIpc) is 3.45. The Morgan fingerprint density at radius 2 is 1.59 bits per heavy atom. The maximum Gasteiger partial charge on any atom is 0.474 e. The number of phosphoric acid groups is 1. The minimum absolute atomic E-state index is 0.0579. The first-order valence-electron chi connectivity index (χ1n) is 13.0. The fourth-order valence-corrected chi connectivity index (χ4v) is 5.07. The van der Waals surface area contributed by atoms with Crippen molar-refractivity contribution in [2.45, 2.75) is 33.1 Å². The zero-order chi connectivity index (χ0) is 28.1. The SMILES string of the molecule is CCOP(=O)(OCC)OCCc1ccc(C#N)cc1OCCNC(=O)c1ccc(C(=O)NN2CCCC2)cc1. The number of carbonyl (C=O) groups excluding carboxylic acids is 2. The highest BCUT2D eigenvalue weighted by Gasteiger charge is 2.25. The number of carbonyl (C=O) groups is 2. The summed E-state index contributed by atoms with van der Waals surface area (Å²) in [4.78, 5) is 24.9. The van der Waals surface area contributed by atoms with E-state index in [0.29, 0.717) is 28.9 Å². The summed E-state index contributed by atoms with van der Waals surface area (Å²) < 4.78 is 34.0. The van der Waals surface area contributed by atoms with Crippen LogP contribution in [-0.2, 0) is 24.6 Å². The number of ether oxygens (including phenoxy) is 1. The van der Waals surface area contributed by atoms with Gasteiger partial charge in [0.15, 0.2) is 0 Å². The van der Waals surface area contributed by atoms with Crippen molar-refractivity contribution in [2.75, 3.05) is 46.1 Å². The maximum atomic E-state index is 12.5. The zero-order valence-electron chi connectivity index (χ0n) is 22.3. The second-order valence-electron chi connectivity index (χ2n) is 8.62. The summed E-state index contributed by atoms with van der Waals surface area (Å²) in [6.07, 6.45) is 2.47. The van der Waals surface area contributed by atoms with E-state index in [-0.39, 0.29) is 44.8 Å². The van der Waals surface area contributed by atoms with Crippen LogP contribution in [-0.4, -0.2) is 62.9 Å². The van der Waals surface area contributed by atoms with E-state index in [1.807, 2.05) is 5.01 Å². The minimum atomic E-state index is -3.63. The van der Waals surface area contributed by atoms with E-state index in [1.165, 1.54) is 0 Å². The van der Waals surface area contributed by atoms with Crippen LogP contribution in [0.3, 0.4) is 0 Å². The lowest BCUT2D eigenvalue weighted by Crippen LogP contribution is -2.40. The second-order valence-corrected chi connectivity index (χ2v) is 10.3. The molecule has 1 aliphatic rings. The molecule has 2 aromatic rings. The predicted octanol–water partition coefficient (Wildman–Crippen LogP) is 3.85. The third-order valence-corrected chi connectivity index (χ3v) is 7.46. The molecule has 1 aliphatic heterocycles. The molecule has 3 rings (SSSR count). The van der Waals surface area contributed by atoms with Gasteiger partial charge in [0.25, 0.3) is 11.8 Å². The normalized spacial score (nSPS) is 13.6. The van der Waals surface area contributed by atoms with E-state index >= 15 is 0 Å². The molecular formula is C27H35N4O7P. The molecule has 1 heterocycles. The Morgan fingerprint density at radius 3 is 2.21 bits per heavy atom. The van der Waals surface area contributed by atoms with E-state index in [9.17, 15) is 19.4 Å². The molecule has 210 valence electrons. The van der Waals surface area contributed by atoms with Crippen molar-refractivity contribution in [2.24, 2.45) is 0 Å². The van der Waals surface area contributed by atoms with E-state index < -0.39 is 7.82 Å². The van der Waals surface area contributed by atoms with Gasteiger partial charge in [-0.15, -0.1) is 0 Å². The van der Waals surface area contributed by atoms with Crippen molar-refractivity contribution in [1.82, 2.24) is 15.8 Å². The number of rotatable bonds is 15. The van der Waals surface area contributed by atoms with Gasteiger partial charge in [0.1, 0.15) is 12.4 Å². The number of nitrogens with one attached hydrogen (secondary N) is 2. The number of hydrazine groups is 1. The number of amides is 2. The minimum Gasteiger partial charge on any atom is -0.491 e. The molecule has 1 fully saturated rings. The van der Waals surface area contributed by atoms with Crippen LogP contribution in [0.1, 0.15) is 58.5 Å². The van der Waals surface area contributed by atoms with E-state index in [2.05, 4.69) is 16.8 Å². The van der Waals surface area contributed by atoms with Crippen molar-refractivity contribution in [3.05, 3.63) is 64.7 Å². The summed E-state index contributed by atoms with van der Waals surface area (Å²) in [7, 11) is -3.63. The van der Waals surface area contributed by atoms with Crippen LogP contribution in [0, 0.1) is 11.3 Å². The first-order valence-corrected chi connectivity index (χ1v) is 14.5. The molecule has 0 radical (unpaired) electrons. The fourth-order valence-electron chi connectivity index (χ4n) is 3.90. The molecule has 0 aliphatic carbocycles. The summed E-state index contributed by atoms with van der Waals surface area (Å²) in [6, 6.07) is 13.5. The highest BCUT2D eigenvalue weighted by molar-refractivity contribution is 7.48. The monoisotopic (exact) mass is 558 g/mol. The molecule has 0 atom stereocenters. The lowest BCUT2D eigenvalue weighted by Gasteiger charge is -2.17. The summed E-state index contributed by atoms with van der Waals surface area (Å²) in [5, 5.41) is 13.9. The maximum absolute atomic E-state index is 12.5. The Labute approximate surface area is 229 Å². The highest BCUT2D eigenvalue weighted by atomic mass is 31.2. The van der Waals surface area contributed by atoms with Gasteiger partial charge in [0, 0.05) is 30.6 Å². The van der Waals surface area contributed by atoms with Crippen molar-refractivity contribution in [3.63, 3.8) is 0 Å². The molecule has 2 N–H and O–H groups in total. The Hall–Kier alpha value is -3.26. The standard InChI is InChI=1S/C27H35N4O7P/c1-3-36-39(34,37-4-2)38-17-13-22-8-7-21(20-28)19-25(22)35-18-14-29-26(32)23-9-11-24(12-10-23)27(33)30-31-15-5-6-16-31/h7-12,19H,3-6,13-18H2,1-2H3,(H,29,32)(H,30,33). The quantitative estimate of drug-likeness (QED) is 0.246. The number of phosphoric ester groups is 1. The smallest absolute Gasteiger partial charge is 0.474 e. The average molecular weight is 559 g/mol. The molecule has 0 bridgehead atoms. The third kappa shape index (κ3) is 9.46. The number of benzene rings is 2. The topological polar surface area (TPSA) is 139 Å². The van der Waals surface area contributed by atoms with E-state index in [4.69, 9.17) is 18.3 Å². The van der Waals surface area contributed by atoms with Crippen LogP contribution in [0.4, 0.5) is 0 Å². The van der Waals surface area contributed by atoms with Gasteiger partial charge in [-0.3, -0.25) is 28.6 Å². The largest absolute Gasteiger partial charge is 0.491 e. The summed E-state index contributed by atoms with van der Waals surface area (Å²) >= 11 is 0. The molecule has 2 amide bonds. The van der Waals surface area contributed by atoms with Crippen molar-refractivity contribution in [1.29, 1.82) is 5.26 Å². The van der Waals surface area contributed by atoms with Crippen LogP contribution in [0.5, 0.6) is 5.75 Å². The van der Waals surface area contributed by atoms with Crippen molar-refractivity contribution < 1.29 is 32.5 Å². The predicted molar refractivity (Wildman–Crippen MR) is 144 cm³/mol. The van der Waals surface area contributed by atoms with Crippen molar-refractivity contribution >= 4 is 19.6 Å². The molecule has 39 heavy (non-hydrogen) atoms. The number of nitrogens with zero attached hydrogens (tertiary/aromatic N) is 2. The van der Waals surface area contributed by atoms with Gasteiger partial charge in [-0.05, 0) is 68.7 Å². The number of hydrogen-bond donors (Lipinski definition) is 2. The highest BCUT2D eigenvalue weighted by Crippen LogP contribution is 2.49. The van der Waals surface area contributed by atoms with Gasteiger partial charge in [0.2, 0.25) is 0 Å². The number of nitriles is 1. The Morgan fingerprint density at radius 1 is 0.949 bits per heavy atom. The van der Waals surface area contributed by atoms with Crippen LogP contribution in [0.15, 0.2) is 42.5 Å². The molecular weight excluding hydrogens is 523 g/mol. The first-order chi connectivity index (χ1) is 18.9. The Bertz CT molecular complexity index is 1180. The Balaban J connectivity index is 1.49. The summed E-state index contributed by atoms with van der Waals surface area (Å²) in [6.45, 7) is 5.88. The van der Waals surface area contributed by atoms with E-state index in [1.54, 1.807) is 56.3 Å². The molecule has 1 saturated heterocycles. The lowest BCUT2D eigenvalue weighted by molar-refractivity contribution is 0.0824. The van der Waals surface area contributed by atoms with Gasteiger partial charge in [0.05, 0.1) is 38.0 Å². The molecule has 0 aromatic heterocycles. The molecule has 11 nitrogen and oxygen atoms in total. The van der Waals surface area contributed by atoms with Crippen LogP contribution in [0.25, 0.3) is 0 Å². The van der Waals surface area contributed by atoms with Gasteiger partial charge in [-0.1, -0.05) is 6.07 Å². The van der Waals surface area contributed by atoms with Crippen LogP contribution in [0.2, 0.25) is 0 Å². The molecule has 2 aromatic carbocycles. The third-order valence-electron chi connectivity index (χ3n) is 5.81.